The van der Waals surface area contributed by atoms with Gasteiger partial charge in [0.05, 0.1) is 33.5 Å². The molecule has 4 amide bonds. The van der Waals surface area contributed by atoms with E-state index < -0.39 is 12.2 Å². The maximum atomic E-state index is 11.9. The standard InChI is InChI=1S/2C20H26O3.C11H20N2O2.C5H9NO.C5H8O2/c2*1-5-17(21)14-23-19-12-8-16(9-13-19)20(2,3)15-6-10-18(22-4)11-7-15;1-5-7-13-9(8(3)4)10(14)12(6-2)11(13)15;1-4(2)5(7)6-3;1-4(2)5(6)7-3/h2*6-13,17,21H,5,14H2,1-4H3;8-9H,5-7H2,1-4H3;1H2,2-3H3,(H,6,7);1H2,2-3H3. The van der Waals surface area contributed by atoms with Crippen molar-refractivity contribution in [2.24, 2.45) is 5.92 Å². The van der Waals surface area contributed by atoms with E-state index in [1.54, 1.807) is 40.0 Å². The highest BCUT2D eigenvalue weighted by Crippen LogP contribution is 2.35. The molecule has 1 aliphatic rings. The van der Waals surface area contributed by atoms with Gasteiger partial charge < -0.3 is 44.1 Å². The first kappa shape index (κ1) is 66.4. The van der Waals surface area contributed by atoms with Crippen molar-refractivity contribution in [3.05, 3.63) is 144 Å². The van der Waals surface area contributed by atoms with Crippen LogP contribution in [0.25, 0.3) is 0 Å². The molecule has 14 nitrogen and oxygen atoms in total. The minimum atomic E-state index is -0.412. The smallest absolute Gasteiger partial charge is 0.332 e. The molecule has 0 bridgehead atoms. The summed E-state index contributed by atoms with van der Waals surface area (Å²) in [5.74, 6) is 3.00. The van der Waals surface area contributed by atoms with Gasteiger partial charge in [-0.15, -0.1) is 0 Å². The molecule has 0 aromatic heterocycles. The van der Waals surface area contributed by atoms with Crippen molar-refractivity contribution in [1.82, 2.24) is 15.1 Å². The number of rotatable bonds is 20. The van der Waals surface area contributed by atoms with Gasteiger partial charge in [0, 0.05) is 42.1 Å². The average molecular weight is 1040 g/mol. The van der Waals surface area contributed by atoms with Gasteiger partial charge in [0.2, 0.25) is 5.91 Å². The number of carbonyl (C=O) groups excluding carboxylic acids is 4. The van der Waals surface area contributed by atoms with Crippen molar-refractivity contribution in [1.29, 1.82) is 0 Å². The number of hydrogen-bond donors (Lipinski definition) is 3. The number of aliphatic hydroxyl groups excluding tert-OH is 2. The van der Waals surface area contributed by atoms with Crippen LogP contribution in [-0.4, -0.2) is 117 Å². The number of nitrogens with one attached hydrogen (secondary N) is 1. The van der Waals surface area contributed by atoms with E-state index in [4.69, 9.17) is 18.9 Å². The first-order valence-electron chi connectivity index (χ1n) is 25.7. The van der Waals surface area contributed by atoms with Gasteiger partial charge in [0.1, 0.15) is 42.3 Å². The molecule has 1 saturated heterocycles. The van der Waals surface area contributed by atoms with Gasteiger partial charge in [-0.1, -0.05) is 124 Å². The van der Waals surface area contributed by atoms with E-state index in [0.29, 0.717) is 50.3 Å². The molecule has 75 heavy (non-hydrogen) atoms. The van der Waals surface area contributed by atoms with Crippen LogP contribution in [0.1, 0.15) is 125 Å². The lowest BCUT2D eigenvalue weighted by Gasteiger charge is -2.26. The highest BCUT2D eigenvalue weighted by Gasteiger charge is 2.45. The monoisotopic (exact) mass is 1040 g/mol. The number of urea groups is 1. The van der Waals surface area contributed by atoms with E-state index in [1.165, 1.54) is 34.3 Å². The second-order valence-electron chi connectivity index (χ2n) is 19.4. The molecule has 3 unspecified atom stereocenters. The molecule has 5 rings (SSSR count). The number of esters is 1. The fraction of sp³-hybridized carbons (Fsp3) is 0.475. The van der Waals surface area contributed by atoms with Crippen LogP contribution in [0.4, 0.5) is 4.79 Å². The predicted molar refractivity (Wildman–Crippen MR) is 301 cm³/mol. The van der Waals surface area contributed by atoms with Crippen LogP contribution < -0.4 is 24.3 Å². The fourth-order valence-electron chi connectivity index (χ4n) is 7.37. The third-order valence-corrected chi connectivity index (χ3v) is 12.5. The number of hydrogen-bond acceptors (Lipinski definition) is 11. The molecule has 4 aromatic carbocycles. The summed E-state index contributed by atoms with van der Waals surface area (Å²) < 4.78 is 25.9. The van der Waals surface area contributed by atoms with Crippen LogP contribution in [0.5, 0.6) is 23.0 Å². The van der Waals surface area contributed by atoms with Crippen LogP contribution in [-0.2, 0) is 30.0 Å². The molecule has 14 heteroatoms. The molecule has 0 spiro atoms. The second-order valence-corrected chi connectivity index (χ2v) is 19.4. The van der Waals surface area contributed by atoms with Gasteiger partial charge in [0.15, 0.2) is 0 Å². The summed E-state index contributed by atoms with van der Waals surface area (Å²) >= 11 is 0. The first-order valence-corrected chi connectivity index (χ1v) is 25.7. The Morgan fingerprint density at radius 2 is 0.973 bits per heavy atom. The Kier molecular flexibility index (Phi) is 29.5. The Morgan fingerprint density at radius 1 is 0.627 bits per heavy atom. The molecular formula is C61H89N3O11. The van der Waals surface area contributed by atoms with Crippen molar-refractivity contribution >= 4 is 23.8 Å². The summed E-state index contributed by atoms with van der Waals surface area (Å²) in [4.78, 5) is 47.4. The number of benzene rings is 4. The summed E-state index contributed by atoms with van der Waals surface area (Å²) in [6.45, 7) is 32.3. The molecule has 1 heterocycles. The maximum absolute atomic E-state index is 11.9. The third-order valence-electron chi connectivity index (χ3n) is 12.5. The average Bonchev–Trinajstić information content (AvgIpc) is 3.66. The number of imide groups is 1. The number of aliphatic hydroxyl groups is 2. The third kappa shape index (κ3) is 21.3. The second kappa shape index (κ2) is 33.3. The Bertz CT molecular complexity index is 2200. The Labute approximate surface area is 449 Å². The molecule has 3 atom stereocenters. The van der Waals surface area contributed by atoms with Gasteiger partial charge in [-0.3, -0.25) is 14.5 Å². The molecule has 0 aliphatic carbocycles. The van der Waals surface area contributed by atoms with Crippen molar-refractivity contribution in [2.75, 3.05) is 54.7 Å². The van der Waals surface area contributed by atoms with Crippen LogP contribution in [0.3, 0.4) is 0 Å². The summed E-state index contributed by atoms with van der Waals surface area (Å²) in [5.41, 5.74) is 5.66. The number of ether oxygens (including phenoxy) is 5. The normalized spacial score (nSPS) is 13.7. The number of nitrogens with zero attached hydrogens (tertiary/aromatic N) is 2. The zero-order valence-corrected chi connectivity index (χ0v) is 47.9. The zero-order chi connectivity index (χ0) is 57.1. The minimum absolute atomic E-state index is 0.0362. The van der Waals surface area contributed by atoms with E-state index in [0.717, 1.165) is 29.4 Å². The van der Waals surface area contributed by atoms with Crippen molar-refractivity contribution in [3.8, 4) is 23.0 Å². The van der Waals surface area contributed by atoms with Crippen molar-refractivity contribution in [2.45, 2.75) is 131 Å². The Balaban J connectivity index is 0.000000506. The van der Waals surface area contributed by atoms with Crippen molar-refractivity contribution < 1.29 is 53.1 Å². The quantitative estimate of drug-likeness (QED) is 0.0437. The SMILES string of the molecule is C=C(C)C(=O)NC.C=C(C)C(=O)OC.CCC(O)COc1ccc(C(C)(C)c2ccc(OC)cc2)cc1.CCC(O)COc1ccc(C(C)(C)c2ccc(OC)cc2)cc1.CCCN1C(=O)N(CC)C(=O)C1C(C)C. The van der Waals surface area contributed by atoms with E-state index in [9.17, 15) is 29.4 Å². The maximum Gasteiger partial charge on any atom is 0.332 e. The number of amides is 4. The van der Waals surface area contributed by atoms with Gasteiger partial charge in [0.25, 0.3) is 5.91 Å². The molecule has 3 N–H and O–H groups in total. The summed E-state index contributed by atoms with van der Waals surface area (Å²) in [5, 5.41) is 21.5. The van der Waals surface area contributed by atoms with Gasteiger partial charge in [-0.2, -0.15) is 0 Å². The summed E-state index contributed by atoms with van der Waals surface area (Å²) in [6.07, 6.45) is 1.46. The predicted octanol–water partition coefficient (Wildman–Crippen LogP) is 11.1. The first-order chi connectivity index (χ1) is 35.3. The Hall–Kier alpha value is -6.64. The lowest BCUT2D eigenvalue weighted by molar-refractivity contribution is -0.136. The van der Waals surface area contributed by atoms with E-state index in [-0.39, 0.29) is 46.6 Å². The zero-order valence-electron chi connectivity index (χ0n) is 47.9. The molecular weight excluding hydrogens is 951 g/mol. The van der Waals surface area contributed by atoms with Crippen LogP contribution >= 0.6 is 0 Å². The highest BCUT2D eigenvalue weighted by molar-refractivity contribution is 6.04. The summed E-state index contributed by atoms with van der Waals surface area (Å²) in [7, 11) is 6.26. The fourth-order valence-corrected chi connectivity index (χ4v) is 7.37. The van der Waals surface area contributed by atoms with Crippen molar-refractivity contribution in [3.63, 3.8) is 0 Å². The molecule has 1 fully saturated rings. The molecule has 1 aliphatic heterocycles. The molecule has 0 saturated carbocycles. The summed E-state index contributed by atoms with van der Waals surface area (Å²) in [6, 6.07) is 32.1. The van der Waals surface area contributed by atoms with Gasteiger partial charge in [-0.25, -0.2) is 9.59 Å². The van der Waals surface area contributed by atoms with Crippen LogP contribution in [0, 0.1) is 5.92 Å². The lowest BCUT2D eigenvalue weighted by atomic mass is 9.78. The molecule has 414 valence electrons. The van der Waals surface area contributed by atoms with E-state index in [1.807, 2.05) is 90.1 Å². The minimum Gasteiger partial charge on any atom is -0.497 e. The largest absolute Gasteiger partial charge is 0.497 e. The Morgan fingerprint density at radius 3 is 1.19 bits per heavy atom. The van der Waals surface area contributed by atoms with E-state index >= 15 is 0 Å². The number of likely N-dealkylation sites (N-methyl/N-ethyl adjacent to an activating group) is 2. The topological polar surface area (TPSA) is 173 Å². The highest BCUT2D eigenvalue weighted by atomic mass is 16.5. The number of methoxy groups -OCH3 is 3. The molecule has 0 radical (unpaired) electrons. The van der Waals surface area contributed by atoms with Crippen LogP contribution in [0.15, 0.2) is 121 Å². The lowest BCUT2D eigenvalue weighted by Crippen LogP contribution is -2.39. The van der Waals surface area contributed by atoms with Gasteiger partial charge in [-0.05, 0) is 117 Å². The van der Waals surface area contributed by atoms with E-state index in [2.05, 4.69) is 99.4 Å². The molecule has 4 aromatic rings. The number of carbonyl (C=O) groups is 4. The van der Waals surface area contributed by atoms with Crippen LogP contribution in [0.2, 0.25) is 0 Å². The van der Waals surface area contributed by atoms with Gasteiger partial charge >= 0.3 is 12.0 Å².